The number of carbonyl (C=O) groups is 3. The Bertz CT molecular complexity index is 631. The monoisotopic (exact) mass is 362 g/mol. The highest BCUT2D eigenvalue weighted by Crippen LogP contribution is 2.14. The minimum Gasteiger partial charge on any atom is -0.472 e. The first-order chi connectivity index (χ1) is 12.6. The van der Waals surface area contributed by atoms with Gasteiger partial charge in [-0.3, -0.25) is 19.3 Å². The zero-order valence-electron chi connectivity index (χ0n) is 14.9. The highest BCUT2D eigenvalue weighted by molar-refractivity contribution is 5.88. The second-order valence-corrected chi connectivity index (χ2v) is 6.80. The van der Waals surface area contributed by atoms with E-state index in [1.165, 1.54) is 0 Å². The molecule has 1 atom stereocenters. The van der Waals surface area contributed by atoms with Crippen LogP contribution >= 0.6 is 0 Å². The maximum absolute atomic E-state index is 12.3. The van der Waals surface area contributed by atoms with Crippen LogP contribution in [0.25, 0.3) is 0 Å². The molecule has 2 N–H and O–H groups in total. The van der Waals surface area contributed by atoms with Crippen molar-refractivity contribution in [2.75, 3.05) is 32.7 Å². The van der Waals surface area contributed by atoms with E-state index in [1.54, 1.807) is 17.4 Å². The number of likely N-dealkylation sites (tertiary alicyclic amines) is 1. The number of piperidine rings is 1. The predicted molar refractivity (Wildman–Crippen MR) is 94.0 cm³/mol. The molecule has 3 amide bonds. The molecule has 26 heavy (non-hydrogen) atoms. The van der Waals surface area contributed by atoms with Gasteiger partial charge in [0.1, 0.15) is 0 Å². The third-order valence-corrected chi connectivity index (χ3v) is 4.91. The first kappa shape index (κ1) is 18.4. The lowest BCUT2D eigenvalue weighted by molar-refractivity contribution is -0.134. The van der Waals surface area contributed by atoms with Crippen molar-refractivity contribution in [3.8, 4) is 0 Å². The molecule has 2 aliphatic heterocycles. The van der Waals surface area contributed by atoms with Crippen LogP contribution in [0.15, 0.2) is 23.0 Å². The van der Waals surface area contributed by atoms with Gasteiger partial charge in [0.2, 0.25) is 17.7 Å². The number of carbonyl (C=O) groups excluding carboxylic acids is 3. The zero-order valence-corrected chi connectivity index (χ0v) is 14.9. The van der Waals surface area contributed by atoms with Crippen molar-refractivity contribution in [2.45, 2.75) is 38.3 Å². The van der Waals surface area contributed by atoms with Gasteiger partial charge in [-0.25, -0.2) is 0 Å². The van der Waals surface area contributed by atoms with Crippen molar-refractivity contribution in [2.24, 2.45) is 0 Å². The Kier molecular flexibility index (Phi) is 6.27. The van der Waals surface area contributed by atoms with Gasteiger partial charge in [0, 0.05) is 51.3 Å². The van der Waals surface area contributed by atoms with Crippen LogP contribution in [0.3, 0.4) is 0 Å². The van der Waals surface area contributed by atoms with Crippen LogP contribution in [0, 0.1) is 0 Å². The average Bonchev–Trinajstić information content (AvgIpc) is 3.13. The number of hydrogen-bond acceptors (Lipinski definition) is 5. The molecule has 1 unspecified atom stereocenters. The van der Waals surface area contributed by atoms with Crippen molar-refractivity contribution in [1.29, 1.82) is 0 Å². The van der Waals surface area contributed by atoms with E-state index in [-0.39, 0.29) is 24.1 Å². The molecule has 0 bridgehead atoms. The van der Waals surface area contributed by atoms with E-state index < -0.39 is 6.04 Å². The third-order valence-electron chi connectivity index (χ3n) is 4.91. The average molecular weight is 362 g/mol. The van der Waals surface area contributed by atoms with E-state index >= 15 is 0 Å². The summed E-state index contributed by atoms with van der Waals surface area (Å²) in [5, 5.41) is 5.66. The van der Waals surface area contributed by atoms with E-state index in [1.807, 2.05) is 11.0 Å². The molecule has 2 fully saturated rings. The summed E-state index contributed by atoms with van der Waals surface area (Å²) in [7, 11) is 0. The van der Waals surface area contributed by atoms with Gasteiger partial charge in [0.05, 0.1) is 25.0 Å². The van der Waals surface area contributed by atoms with E-state index in [2.05, 4.69) is 10.6 Å². The molecule has 0 aliphatic carbocycles. The fraction of sp³-hybridized carbons (Fsp3) is 0.611. The molecule has 2 aliphatic rings. The third kappa shape index (κ3) is 4.85. The first-order valence-electron chi connectivity index (χ1n) is 9.21. The lowest BCUT2D eigenvalue weighted by Crippen LogP contribution is -2.56. The largest absolute Gasteiger partial charge is 0.472 e. The molecule has 1 aromatic heterocycles. The molecule has 3 rings (SSSR count). The van der Waals surface area contributed by atoms with Crippen molar-refractivity contribution < 1.29 is 18.8 Å². The normalized spacial score (nSPS) is 21.5. The van der Waals surface area contributed by atoms with Gasteiger partial charge in [-0.2, -0.15) is 0 Å². The fourth-order valence-corrected chi connectivity index (χ4v) is 3.47. The Morgan fingerprint density at radius 3 is 2.96 bits per heavy atom. The molecule has 0 spiro atoms. The van der Waals surface area contributed by atoms with Crippen LogP contribution in [0.5, 0.6) is 0 Å². The maximum Gasteiger partial charge on any atom is 0.237 e. The summed E-state index contributed by atoms with van der Waals surface area (Å²) in [6.07, 6.45) is 5.93. The standard InChI is InChI=1S/C18H26N4O4/c23-16(19-5-8-21-7-2-1-3-17(21)24)11-15-18(25)20-6-9-22(15)12-14-4-10-26-13-14/h4,10,13,15H,1-3,5-9,11-12H2,(H,19,23)(H,20,25). The van der Waals surface area contributed by atoms with Crippen LogP contribution in [-0.2, 0) is 20.9 Å². The summed E-state index contributed by atoms with van der Waals surface area (Å²) in [6.45, 7) is 3.55. The Morgan fingerprint density at radius 1 is 1.31 bits per heavy atom. The van der Waals surface area contributed by atoms with Crippen LogP contribution in [0.1, 0.15) is 31.2 Å². The van der Waals surface area contributed by atoms with E-state index in [0.29, 0.717) is 39.1 Å². The van der Waals surface area contributed by atoms with Crippen LogP contribution in [-0.4, -0.2) is 66.3 Å². The van der Waals surface area contributed by atoms with Gasteiger partial charge in [0.25, 0.3) is 0 Å². The van der Waals surface area contributed by atoms with Crippen molar-refractivity contribution in [3.63, 3.8) is 0 Å². The summed E-state index contributed by atoms with van der Waals surface area (Å²) in [4.78, 5) is 40.1. The number of furan rings is 1. The van der Waals surface area contributed by atoms with E-state index in [9.17, 15) is 14.4 Å². The first-order valence-corrected chi connectivity index (χ1v) is 9.21. The number of nitrogens with zero attached hydrogens (tertiary/aromatic N) is 2. The highest BCUT2D eigenvalue weighted by Gasteiger charge is 2.31. The van der Waals surface area contributed by atoms with Crippen LogP contribution < -0.4 is 10.6 Å². The Hall–Kier alpha value is -2.35. The van der Waals surface area contributed by atoms with Crippen LogP contribution in [0.2, 0.25) is 0 Å². The predicted octanol–water partition coefficient (Wildman–Crippen LogP) is 0.0988. The quantitative estimate of drug-likeness (QED) is 0.717. The Morgan fingerprint density at radius 2 is 2.19 bits per heavy atom. The molecule has 8 heteroatoms. The van der Waals surface area contributed by atoms with Gasteiger partial charge in [-0.1, -0.05) is 0 Å². The summed E-state index contributed by atoms with van der Waals surface area (Å²) in [5.41, 5.74) is 0.980. The van der Waals surface area contributed by atoms with Crippen molar-refractivity contribution in [3.05, 3.63) is 24.2 Å². The SMILES string of the molecule is O=C(CC1C(=O)NCCN1Cc1ccoc1)NCCN1CCCCC1=O. The smallest absolute Gasteiger partial charge is 0.237 e. The molecule has 8 nitrogen and oxygen atoms in total. The maximum atomic E-state index is 12.3. The minimum absolute atomic E-state index is 0.109. The zero-order chi connectivity index (χ0) is 18.4. The van der Waals surface area contributed by atoms with Crippen molar-refractivity contribution >= 4 is 17.7 Å². The number of rotatable bonds is 7. The summed E-state index contributed by atoms with van der Waals surface area (Å²) in [5.74, 6) is -0.141. The molecule has 1 aromatic rings. The van der Waals surface area contributed by atoms with Gasteiger partial charge >= 0.3 is 0 Å². The molecule has 3 heterocycles. The molecular formula is C18H26N4O4. The molecule has 0 radical (unpaired) electrons. The summed E-state index contributed by atoms with van der Waals surface area (Å²) >= 11 is 0. The topological polar surface area (TPSA) is 94.9 Å². The van der Waals surface area contributed by atoms with Gasteiger partial charge in [0.15, 0.2) is 0 Å². The van der Waals surface area contributed by atoms with Gasteiger partial charge in [-0.05, 0) is 18.9 Å². The molecule has 0 saturated carbocycles. The summed E-state index contributed by atoms with van der Waals surface area (Å²) in [6, 6.07) is 1.37. The molecule has 0 aromatic carbocycles. The molecular weight excluding hydrogens is 336 g/mol. The Balaban J connectivity index is 1.47. The molecule has 142 valence electrons. The van der Waals surface area contributed by atoms with Crippen molar-refractivity contribution in [1.82, 2.24) is 20.4 Å². The number of amides is 3. The second-order valence-electron chi connectivity index (χ2n) is 6.80. The Labute approximate surface area is 152 Å². The second kappa shape index (κ2) is 8.84. The fourth-order valence-electron chi connectivity index (χ4n) is 3.47. The van der Waals surface area contributed by atoms with E-state index in [0.717, 1.165) is 24.9 Å². The van der Waals surface area contributed by atoms with Gasteiger partial charge in [-0.15, -0.1) is 0 Å². The number of hydrogen-bond donors (Lipinski definition) is 2. The summed E-state index contributed by atoms with van der Waals surface area (Å²) < 4.78 is 5.08. The lowest BCUT2D eigenvalue weighted by atomic mass is 10.1. The van der Waals surface area contributed by atoms with Crippen LogP contribution in [0.4, 0.5) is 0 Å². The number of piperazine rings is 1. The molecule has 2 saturated heterocycles. The lowest BCUT2D eigenvalue weighted by Gasteiger charge is -2.34. The van der Waals surface area contributed by atoms with Gasteiger partial charge < -0.3 is 20.0 Å². The highest BCUT2D eigenvalue weighted by atomic mass is 16.3. The van der Waals surface area contributed by atoms with E-state index in [4.69, 9.17) is 4.42 Å². The minimum atomic E-state index is -0.490. The number of nitrogens with one attached hydrogen (secondary N) is 2.